The molecule has 0 unspecified atom stereocenters. The van der Waals surface area contributed by atoms with Gasteiger partial charge in [-0.1, -0.05) is 43.4 Å². The highest BCUT2D eigenvalue weighted by molar-refractivity contribution is 7.22. The monoisotopic (exact) mass is 389 g/mol. The van der Waals surface area contributed by atoms with Crippen molar-refractivity contribution in [1.82, 2.24) is 9.88 Å². The van der Waals surface area contributed by atoms with Crippen LogP contribution in [-0.4, -0.2) is 42.0 Å². The Morgan fingerprint density at radius 2 is 1.78 bits per heavy atom. The first-order valence-corrected chi connectivity index (χ1v) is 9.70. The summed E-state index contributed by atoms with van der Waals surface area (Å²) >= 11 is 1.12. The zero-order valence-electron chi connectivity index (χ0n) is 15.3. The maximum atomic E-state index is 14.1. The molecule has 1 aromatic heterocycles. The average molecular weight is 389 g/mol. The Bertz CT molecular complexity index is 926. The number of aromatic nitrogens is 1. The van der Waals surface area contributed by atoms with E-state index in [1.165, 1.54) is 6.07 Å². The summed E-state index contributed by atoms with van der Waals surface area (Å²) in [6.07, 6.45) is 0. The number of carbonyl (C=O) groups is 1. The van der Waals surface area contributed by atoms with E-state index in [1.54, 1.807) is 29.2 Å². The maximum Gasteiger partial charge on any atom is 0.260 e. The Morgan fingerprint density at radius 1 is 1.07 bits per heavy atom. The molecule has 0 saturated carbocycles. The summed E-state index contributed by atoms with van der Waals surface area (Å²) in [5.74, 6) is -1.58. The maximum absolute atomic E-state index is 14.1. The standard InChI is InChI=1S/C20H21F2N3OS/c1-3-24(4-2)10-11-25(19(26)14-8-6-5-7-9-14)20-23-18-16(22)12-15(21)13-17(18)27-20/h5-9,12-13H,3-4,10-11H2,1-2H3. The van der Waals surface area contributed by atoms with Crippen LogP contribution in [0.25, 0.3) is 10.2 Å². The number of thiazole rings is 1. The lowest BCUT2D eigenvalue weighted by Gasteiger charge is -2.24. The van der Waals surface area contributed by atoms with Crippen molar-refractivity contribution in [3.05, 3.63) is 59.7 Å². The highest BCUT2D eigenvalue weighted by Gasteiger charge is 2.23. The zero-order valence-corrected chi connectivity index (χ0v) is 16.1. The van der Waals surface area contributed by atoms with E-state index in [0.29, 0.717) is 28.5 Å². The van der Waals surface area contributed by atoms with Crippen LogP contribution in [0.5, 0.6) is 0 Å². The first-order chi connectivity index (χ1) is 13.0. The zero-order chi connectivity index (χ0) is 19.4. The molecule has 0 saturated heterocycles. The molecule has 2 aromatic carbocycles. The van der Waals surface area contributed by atoms with Crippen LogP contribution in [0, 0.1) is 11.6 Å². The molecule has 0 fully saturated rings. The van der Waals surface area contributed by atoms with E-state index >= 15 is 0 Å². The number of likely N-dealkylation sites (N-methyl/N-ethyl adjacent to an activating group) is 1. The number of carbonyl (C=O) groups excluding carboxylic acids is 1. The van der Waals surface area contributed by atoms with Gasteiger partial charge in [0.2, 0.25) is 0 Å². The molecule has 3 aromatic rings. The Hall–Kier alpha value is -2.38. The number of hydrogen-bond acceptors (Lipinski definition) is 4. The van der Waals surface area contributed by atoms with Crippen LogP contribution in [0.1, 0.15) is 24.2 Å². The molecule has 0 aliphatic heterocycles. The van der Waals surface area contributed by atoms with E-state index in [-0.39, 0.29) is 11.4 Å². The molecule has 0 spiro atoms. The van der Waals surface area contributed by atoms with Crippen molar-refractivity contribution in [2.45, 2.75) is 13.8 Å². The molecular weight excluding hydrogens is 368 g/mol. The summed E-state index contributed by atoms with van der Waals surface area (Å²) in [6, 6.07) is 11.0. The van der Waals surface area contributed by atoms with Gasteiger partial charge in [0.25, 0.3) is 5.91 Å². The Kier molecular flexibility index (Phi) is 6.13. The summed E-state index contributed by atoms with van der Waals surface area (Å²) in [5, 5.41) is 0.371. The lowest BCUT2D eigenvalue weighted by atomic mass is 10.2. The molecule has 7 heteroatoms. The van der Waals surface area contributed by atoms with Gasteiger partial charge in [-0.2, -0.15) is 0 Å². The van der Waals surface area contributed by atoms with Crippen LogP contribution in [0.4, 0.5) is 13.9 Å². The van der Waals surface area contributed by atoms with Crippen molar-refractivity contribution >= 4 is 32.6 Å². The number of fused-ring (bicyclic) bond motifs is 1. The minimum Gasteiger partial charge on any atom is -0.302 e. The second-order valence-corrected chi connectivity index (χ2v) is 7.09. The Balaban J connectivity index is 1.98. The summed E-state index contributed by atoms with van der Waals surface area (Å²) in [4.78, 5) is 21.1. The topological polar surface area (TPSA) is 36.4 Å². The predicted octanol–water partition coefficient (Wildman–Crippen LogP) is 4.56. The third kappa shape index (κ3) is 4.31. The molecule has 0 radical (unpaired) electrons. The van der Waals surface area contributed by atoms with Crippen molar-refractivity contribution in [2.75, 3.05) is 31.1 Å². The number of nitrogens with zero attached hydrogens (tertiary/aromatic N) is 3. The summed E-state index contributed by atoms with van der Waals surface area (Å²) in [6.45, 7) is 6.93. The minimum absolute atomic E-state index is 0.0881. The minimum atomic E-state index is -0.719. The lowest BCUT2D eigenvalue weighted by molar-refractivity contribution is 0.0983. The molecule has 3 rings (SSSR count). The third-order valence-corrected chi connectivity index (χ3v) is 5.46. The number of amides is 1. The van der Waals surface area contributed by atoms with Gasteiger partial charge in [0, 0.05) is 24.7 Å². The normalized spacial score (nSPS) is 11.3. The molecule has 1 amide bonds. The second-order valence-electron chi connectivity index (χ2n) is 6.08. The van der Waals surface area contributed by atoms with Gasteiger partial charge in [0.1, 0.15) is 11.3 Å². The molecule has 4 nitrogen and oxygen atoms in total. The number of rotatable bonds is 7. The van der Waals surface area contributed by atoms with Crippen LogP contribution in [0.3, 0.4) is 0 Å². The van der Waals surface area contributed by atoms with Gasteiger partial charge in [-0.15, -0.1) is 0 Å². The lowest BCUT2D eigenvalue weighted by Crippen LogP contribution is -2.38. The SMILES string of the molecule is CCN(CC)CCN(C(=O)c1ccccc1)c1nc2c(F)cc(F)cc2s1. The number of anilines is 1. The molecule has 0 aliphatic carbocycles. The molecule has 0 atom stereocenters. The van der Waals surface area contributed by atoms with Crippen LogP contribution in [-0.2, 0) is 0 Å². The Morgan fingerprint density at radius 3 is 2.44 bits per heavy atom. The molecular formula is C20H21F2N3OS. The molecule has 0 N–H and O–H groups in total. The van der Waals surface area contributed by atoms with Gasteiger partial charge in [0.05, 0.1) is 4.70 Å². The van der Waals surface area contributed by atoms with Crippen molar-refractivity contribution in [3.63, 3.8) is 0 Å². The van der Waals surface area contributed by atoms with E-state index in [4.69, 9.17) is 0 Å². The average Bonchev–Trinajstić information content (AvgIpc) is 3.09. The van der Waals surface area contributed by atoms with Gasteiger partial charge < -0.3 is 4.90 Å². The fourth-order valence-corrected chi connectivity index (χ4v) is 3.89. The second kappa shape index (κ2) is 8.54. The van der Waals surface area contributed by atoms with Gasteiger partial charge in [-0.05, 0) is 31.3 Å². The van der Waals surface area contributed by atoms with Crippen LogP contribution in [0.2, 0.25) is 0 Å². The van der Waals surface area contributed by atoms with Gasteiger partial charge in [-0.3, -0.25) is 9.69 Å². The van der Waals surface area contributed by atoms with Crippen molar-refractivity contribution in [1.29, 1.82) is 0 Å². The van der Waals surface area contributed by atoms with Gasteiger partial charge in [-0.25, -0.2) is 13.8 Å². The van der Waals surface area contributed by atoms with E-state index < -0.39 is 11.6 Å². The molecule has 27 heavy (non-hydrogen) atoms. The third-order valence-electron chi connectivity index (χ3n) is 4.43. The quantitative estimate of drug-likeness (QED) is 0.594. The van der Waals surface area contributed by atoms with E-state index in [9.17, 15) is 13.6 Å². The number of hydrogen-bond donors (Lipinski definition) is 0. The van der Waals surface area contributed by atoms with E-state index in [2.05, 4.69) is 23.7 Å². The van der Waals surface area contributed by atoms with E-state index in [1.807, 2.05) is 6.07 Å². The molecule has 0 aliphatic rings. The van der Waals surface area contributed by atoms with E-state index in [0.717, 1.165) is 30.5 Å². The summed E-state index contributed by atoms with van der Waals surface area (Å²) in [5.41, 5.74) is 0.619. The first-order valence-electron chi connectivity index (χ1n) is 8.88. The summed E-state index contributed by atoms with van der Waals surface area (Å²) in [7, 11) is 0. The smallest absolute Gasteiger partial charge is 0.260 e. The largest absolute Gasteiger partial charge is 0.302 e. The highest BCUT2D eigenvalue weighted by atomic mass is 32.1. The Labute approximate surface area is 161 Å². The number of halogens is 2. The fourth-order valence-electron chi connectivity index (χ4n) is 2.86. The number of benzene rings is 2. The van der Waals surface area contributed by atoms with Gasteiger partial charge >= 0.3 is 0 Å². The van der Waals surface area contributed by atoms with Crippen molar-refractivity contribution < 1.29 is 13.6 Å². The fraction of sp³-hybridized carbons (Fsp3) is 0.300. The molecule has 142 valence electrons. The highest BCUT2D eigenvalue weighted by Crippen LogP contribution is 2.31. The predicted molar refractivity (Wildman–Crippen MR) is 105 cm³/mol. The first kappa shape index (κ1) is 19.4. The van der Waals surface area contributed by atoms with Crippen LogP contribution < -0.4 is 4.90 Å². The van der Waals surface area contributed by atoms with Crippen molar-refractivity contribution in [3.8, 4) is 0 Å². The summed E-state index contributed by atoms with van der Waals surface area (Å²) < 4.78 is 28.0. The van der Waals surface area contributed by atoms with Gasteiger partial charge in [0.15, 0.2) is 10.9 Å². The van der Waals surface area contributed by atoms with Crippen LogP contribution in [0.15, 0.2) is 42.5 Å². The van der Waals surface area contributed by atoms with Crippen molar-refractivity contribution in [2.24, 2.45) is 0 Å². The molecule has 0 bridgehead atoms. The molecule has 1 heterocycles. The van der Waals surface area contributed by atoms with Crippen LogP contribution >= 0.6 is 11.3 Å².